The Morgan fingerprint density at radius 3 is 2.45 bits per heavy atom. The molecule has 2 aromatic rings. The molecule has 2 aromatic carbocycles. The van der Waals surface area contributed by atoms with Crippen LogP contribution in [0.5, 0.6) is 5.75 Å². The van der Waals surface area contributed by atoms with Gasteiger partial charge >= 0.3 is 6.09 Å². The summed E-state index contributed by atoms with van der Waals surface area (Å²) in [6, 6.07) is 13.6. The molecule has 0 bridgehead atoms. The molecule has 0 heterocycles. The van der Waals surface area contributed by atoms with Crippen LogP contribution in [0.25, 0.3) is 5.70 Å². The summed E-state index contributed by atoms with van der Waals surface area (Å²) in [6.07, 6.45) is 10.1. The van der Waals surface area contributed by atoms with E-state index in [0.717, 1.165) is 24.2 Å². The standard InChI is InChI=1S/C23H29N3O3.C2H6.C2H2/c1-16-8-9-19(17(2)14-16)10-12-25-13-11-22(26-18(3)28-4)20-6-5-7-21(15-20)29-23(24)27;2*1-2/h5-9,11,14-15,25H,10,12-13H2,1-4H3,(H2,24,27);1-2H3;1-2H/b22-11-,26-18?;;. The predicted octanol–water partition coefficient (Wildman–Crippen LogP) is 5.27. The van der Waals surface area contributed by atoms with Crippen LogP contribution in [0, 0.1) is 26.7 Å². The number of methoxy groups -OCH3 is 1. The Balaban J connectivity index is 0.00000242. The summed E-state index contributed by atoms with van der Waals surface area (Å²) in [5.74, 6) is 0.904. The van der Waals surface area contributed by atoms with Crippen LogP contribution in [0.2, 0.25) is 0 Å². The predicted molar refractivity (Wildman–Crippen MR) is 138 cm³/mol. The average Bonchev–Trinajstić information content (AvgIpc) is 2.81. The molecular weight excluding hydrogens is 414 g/mol. The fraction of sp³-hybridized carbons (Fsp3) is 0.333. The number of hydrogen-bond donors (Lipinski definition) is 2. The fourth-order valence-corrected chi connectivity index (χ4v) is 2.90. The molecule has 3 N–H and O–H groups in total. The SMILES string of the molecule is C#C.CC.COC(C)=N/C(=C\CNCCc1ccc(C)cc1C)c1cccc(OC(N)=O)c1. The zero-order chi connectivity index (χ0) is 25.2. The third-order valence-corrected chi connectivity index (χ3v) is 4.43. The van der Waals surface area contributed by atoms with Gasteiger partial charge in [0.15, 0.2) is 5.90 Å². The maximum Gasteiger partial charge on any atom is 0.409 e. The van der Waals surface area contributed by atoms with Crippen molar-refractivity contribution in [2.24, 2.45) is 10.7 Å². The highest BCUT2D eigenvalue weighted by Gasteiger charge is 2.06. The highest BCUT2D eigenvalue weighted by Crippen LogP contribution is 2.21. The van der Waals surface area contributed by atoms with E-state index < -0.39 is 6.09 Å². The number of rotatable bonds is 8. The number of nitrogens with zero attached hydrogens (tertiary/aromatic N) is 1. The van der Waals surface area contributed by atoms with Crippen molar-refractivity contribution in [3.05, 3.63) is 70.8 Å². The summed E-state index contributed by atoms with van der Waals surface area (Å²) in [4.78, 5) is 15.5. The number of benzene rings is 2. The maximum atomic E-state index is 11.0. The van der Waals surface area contributed by atoms with Gasteiger partial charge in [0.1, 0.15) is 5.75 Å². The number of carbonyl (C=O) groups is 1. The van der Waals surface area contributed by atoms with Gasteiger partial charge in [0.25, 0.3) is 0 Å². The molecule has 33 heavy (non-hydrogen) atoms. The number of primary amides is 1. The fourth-order valence-electron chi connectivity index (χ4n) is 2.90. The van der Waals surface area contributed by atoms with Gasteiger partial charge in [-0.15, -0.1) is 12.8 Å². The molecule has 0 aliphatic heterocycles. The number of hydrogen-bond acceptors (Lipinski definition) is 5. The number of terminal acetylenes is 1. The van der Waals surface area contributed by atoms with E-state index in [-0.39, 0.29) is 0 Å². The van der Waals surface area contributed by atoms with E-state index >= 15 is 0 Å². The monoisotopic (exact) mass is 451 g/mol. The lowest BCUT2D eigenvalue weighted by molar-refractivity contribution is 0.211. The maximum absolute atomic E-state index is 11.0. The van der Waals surface area contributed by atoms with Crippen molar-refractivity contribution in [3.63, 3.8) is 0 Å². The van der Waals surface area contributed by atoms with Gasteiger partial charge in [-0.25, -0.2) is 9.79 Å². The van der Waals surface area contributed by atoms with E-state index in [9.17, 15) is 4.79 Å². The number of nitrogens with two attached hydrogens (primary N) is 1. The van der Waals surface area contributed by atoms with Crippen LogP contribution in [0.15, 0.2) is 53.5 Å². The largest absolute Gasteiger partial charge is 0.484 e. The number of nitrogens with one attached hydrogen (secondary N) is 1. The molecule has 0 aliphatic carbocycles. The second-order valence-corrected chi connectivity index (χ2v) is 6.76. The summed E-state index contributed by atoms with van der Waals surface area (Å²) in [5.41, 5.74) is 10.6. The van der Waals surface area contributed by atoms with Crippen molar-refractivity contribution in [2.45, 2.75) is 41.0 Å². The van der Waals surface area contributed by atoms with Crippen molar-refractivity contribution in [1.82, 2.24) is 5.32 Å². The van der Waals surface area contributed by atoms with Gasteiger partial charge in [0, 0.05) is 19.0 Å². The van der Waals surface area contributed by atoms with Crippen molar-refractivity contribution >= 4 is 17.7 Å². The minimum Gasteiger partial charge on any atom is -0.484 e. The first-order chi connectivity index (χ1) is 15.9. The van der Waals surface area contributed by atoms with Gasteiger partial charge in [0.2, 0.25) is 0 Å². The van der Waals surface area contributed by atoms with Gasteiger partial charge in [-0.1, -0.05) is 49.7 Å². The Bertz CT molecular complexity index is 947. The Labute approximate surface area is 198 Å². The van der Waals surface area contributed by atoms with Gasteiger partial charge < -0.3 is 20.5 Å². The summed E-state index contributed by atoms with van der Waals surface area (Å²) >= 11 is 0. The first kappa shape index (κ1) is 29.4. The van der Waals surface area contributed by atoms with Crippen LogP contribution >= 0.6 is 0 Å². The molecule has 1 amide bonds. The van der Waals surface area contributed by atoms with Crippen LogP contribution < -0.4 is 15.8 Å². The zero-order valence-corrected chi connectivity index (χ0v) is 20.6. The number of carbonyl (C=O) groups excluding carboxylic acids is 1. The van der Waals surface area contributed by atoms with Crippen LogP contribution in [-0.2, 0) is 11.2 Å². The molecule has 0 spiro atoms. The molecule has 6 heteroatoms. The number of ether oxygens (including phenoxy) is 2. The van der Waals surface area contributed by atoms with E-state index in [2.05, 4.69) is 55.2 Å². The van der Waals surface area contributed by atoms with Crippen molar-refractivity contribution in [3.8, 4) is 18.6 Å². The van der Waals surface area contributed by atoms with E-state index in [1.54, 1.807) is 32.2 Å². The topological polar surface area (TPSA) is 85.9 Å². The Hall–Kier alpha value is -3.56. The molecular formula is C27H37N3O3. The van der Waals surface area contributed by atoms with E-state index in [1.165, 1.54) is 16.7 Å². The smallest absolute Gasteiger partial charge is 0.409 e. The normalized spacial score (nSPS) is 10.8. The molecule has 0 saturated heterocycles. The van der Waals surface area contributed by atoms with Crippen molar-refractivity contribution in [2.75, 3.05) is 20.2 Å². The van der Waals surface area contributed by atoms with Crippen LogP contribution in [0.4, 0.5) is 4.79 Å². The molecule has 0 saturated carbocycles. The van der Waals surface area contributed by atoms with Gasteiger partial charge in [-0.05, 0) is 56.1 Å². The second-order valence-electron chi connectivity index (χ2n) is 6.76. The Kier molecular flexibility index (Phi) is 15.2. The molecule has 0 aromatic heterocycles. The molecule has 6 nitrogen and oxygen atoms in total. The van der Waals surface area contributed by atoms with Crippen molar-refractivity contribution < 1.29 is 14.3 Å². The van der Waals surface area contributed by atoms with Crippen molar-refractivity contribution in [1.29, 1.82) is 0 Å². The first-order valence-electron chi connectivity index (χ1n) is 10.9. The minimum absolute atomic E-state index is 0.369. The minimum atomic E-state index is -0.850. The zero-order valence-electron chi connectivity index (χ0n) is 20.6. The molecule has 178 valence electrons. The third-order valence-electron chi connectivity index (χ3n) is 4.43. The number of aryl methyl sites for hydroxylation is 2. The van der Waals surface area contributed by atoms with Gasteiger partial charge in [-0.2, -0.15) is 0 Å². The highest BCUT2D eigenvalue weighted by molar-refractivity contribution is 5.82. The lowest BCUT2D eigenvalue weighted by Crippen LogP contribution is -2.18. The summed E-state index contributed by atoms with van der Waals surface area (Å²) < 4.78 is 10.2. The molecule has 2 rings (SSSR count). The lowest BCUT2D eigenvalue weighted by Gasteiger charge is -2.09. The quantitative estimate of drug-likeness (QED) is 0.248. The molecule has 0 radical (unpaired) electrons. The number of aliphatic imine (C=N–C) groups is 1. The Morgan fingerprint density at radius 1 is 1.15 bits per heavy atom. The van der Waals surface area contributed by atoms with Crippen LogP contribution in [-0.4, -0.2) is 32.2 Å². The molecule has 0 fully saturated rings. The molecule has 0 aliphatic rings. The van der Waals surface area contributed by atoms with E-state index in [1.807, 2.05) is 26.0 Å². The average molecular weight is 452 g/mol. The van der Waals surface area contributed by atoms with Crippen LogP contribution in [0.1, 0.15) is 43.0 Å². The summed E-state index contributed by atoms with van der Waals surface area (Å²) in [5, 5.41) is 3.42. The number of amides is 1. The van der Waals surface area contributed by atoms with Crippen LogP contribution in [0.3, 0.4) is 0 Å². The van der Waals surface area contributed by atoms with E-state index in [0.29, 0.717) is 18.2 Å². The first-order valence-corrected chi connectivity index (χ1v) is 10.9. The van der Waals surface area contributed by atoms with E-state index in [4.69, 9.17) is 15.2 Å². The summed E-state index contributed by atoms with van der Waals surface area (Å²) in [7, 11) is 1.57. The second kappa shape index (κ2) is 17.0. The Morgan fingerprint density at radius 2 is 1.85 bits per heavy atom. The third kappa shape index (κ3) is 11.6. The molecule has 0 unspecified atom stereocenters. The van der Waals surface area contributed by atoms with Gasteiger partial charge in [-0.3, -0.25) is 0 Å². The lowest BCUT2D eigenvalue weighted by atomic mass is 10.0. The van der Waals surface area contributed by atoms with Gasteiger partial charge in [0.05, 0.1) is 12.8 Å². The molecule has 0 atom stereocenters. The summed E-state index contributed by atoms with van der Waals surface area (Å²) in [6.45, 7) is 11.5. The highest BCUT2D eigenvalue weighted by atomic mass is 16.5.